The molecule has 2 aliphatic heterocycles. The lowest BCUT2D eigenvalue weighted by molar-refractivity contribution is 0.0305. The molecule has 2 saturated heterocycles. The fourth-order valence-electron chi connectivity index (χ4n) is 2.73. The van der Waals surface area contributed by atoms with Crippen LogP contribution < -0.4 is 10.6 Å². The molecule has 0 spiro atoms. The second kappa shape index (κ2) is 4.68. The Hall–Kier alpha value is -0.840. The number of fused-ring (bicyclic) bond motifs is 2. The topological polar surface area (TPSA) is 38.5 Å². The van der Waals surface area contributed by atoms with E-state index in [-0.39, 0.29) is 0 Å². The summed E-state index contributed by atoms with van der Waals surface area (Å²) in [6.45, 7) is 1.84. The number of rotatable bonds is 2. The zero-order chi connectivity index (χ0) is 12.7. The molecule has 2 bridgehead atoms. The molecule has 0 amide bonds. The zero-order valence-electron chi connectivity index (χ0n) is 9.93. The molecule has 3 nitrogen and oxygen atoms in total. The molecule has 2 fully saturated rings. The van der Waals surface area contributed by atoms with Crippen molar-refractivity contribution in [2.24, 2.45) is 5.73 Å². The Bertz CT molecular complexity index is 482. The van der Waals surface area contributed by atoms with E-state index in [0.29, 0.717) is 22.2 Å². The summed E-state index contributed by atoms with van der Waals surface area (Å²) in [6.07, 6.45) is 3.03. The lowest BCUT2D eigenvalue weighted by Gasteiger charge is -2.34. The van der Waals surface area contributed by atoms with Crippen molar-refractivity contribution in [3.05, 3.63) is 28.8 Å². The Labute approximate surface area is 117 Å². The van der Waals surface area contributed by atoms with Gasteiger partial charge in [-0.15, -0.1) is 0 Å². The van der Waals surface area contributed by atoms with E-state index in [1.165, 1.54) is 0 Å². The van der Waals surface area contributed by atoms with Gasteiger partial charge in [0.05, 0.1) is 22.9 Å². The molecule has 2 N–H and O–H groups in total. The quantitative estimate of drug-likeness (QED) is 0.845. The monoisotopic (exact) mass is 282 g/mol. The number of hydrogen-bond donors (Lipinski definition) is 1. The summed E-state index contributed by atoms with van der Waals surface area (Å²) in [5, 5.41) is 0.710. The summed E-state index contributed by atoms with van der Waals surface area (Å²) in [6, 6.07) is 5.78. The highest BCUT2D eigenvalue weighted by atomic mass is 35.5. The number of nitrogens with two attached hydrogens (primary N) is 1. The first kappa shape index (κ1) is 12.2. The molecule has 0 aliphatic carbocycles. The van der Waals surface area contributed by atoms with E-state index >= 15 is 0 Å². The third-order valence-corrected chi connectivity index (χ3v) is 4.15. The van der Waals surface area contributed by atoms with E-state index < -0.39 is 0 Å². The van der Waals surface area contributed by atoms with Crippen LogP contribution in [0.3, 0.4) is 0 Å². The Morgan fingerprint density at radius 1 is 1.33 bits per heavy atom. The fourth-order valence-corrected chi connectivity index (χ4v) is 3.16. The number of nitrogens with zero attached hydrogens (tertiary/aromatic N) is 1. The molecule has 2 unspecified atom stereocenters. The smallest absolute Gasteiger partial charge is 0.104 e. The normalized spacial score (nSPS) is 26.4. The molecular formula is C13H15ClN2OS. The van der Waals surface area contributed by atoms with Gasteiger partial charge in [-0.1, -0.05) is 23.8 Å². The van der Waals surface area contributed by atoms with Crippen LogP contribution >= 0.6 is 23.8 Å². The second-order valence-corrected chi connectivity index (χ2v) is 5.74. The lowest BCUT2D eigenvalue weighted by Crippen LogP contribution is -2.42. The number of anilines is 1. The third-order valence-electron chi connectivity index (χ3n) is 3.62. The maximum absolute atomic E-state index is 6.32. The molecule has 18 heavy (non-hydrogen) atoms. The first-order chi connectivity index (χ1) is 8.63. The van der Waals surface area contributed by atoms with Crippen LogP contribution in [0.5, 0.6) is 0 Å². The van der Waals surface area contributed by atoms with Crippen LogP contribution in [0.2, 0.25) is 5.02 Å². The number of morpholine rings is 1. The Morgan fingerprint density at radius 2 is 2.00 bits per heavy atom. The highest BCUT2D eigenvalue weighted by Gasteiger charge is 2.34. The van der Waals surface area contributed by atoms with Gasteiger partial charge in [0.2, 0.25) is 0 Å². The average molecular weight is 283 g/mol. The van der Waals surface area contributed by atoms with E-state index in [0.717, 1.165) is 37.2 Å². The molecular weight excluding hydrogens is 268 g/mol. The van der Waals surface area contributed by atoms with Crippen LogP contribution in [-0.4, -0.2) is 30.3 Å². The van der Waals surface area contributed by atoms with Crippen LogP contribution in [-0.2, 0) is 4.74 Å². The largest absolute Gasteiger partial charge is 0.389 e. The van der Waals surface area contributed by atoms with Crippen molar-refractivity contribution in [1.82, 2.24) is 0 Å². The maximum Gasteiger partial charge on any atom is 0.104 e. The molecule has 1 aromatic rings. The lowest BCUT2D eigenvalue weighted by atomic mass is 10.1. The van der Waals surface area contributed by atoms with Gasteiger partial charge in [-0.25, -0.2) is 0 Å². The molecule has 2 atom stereocenters. The molecule has 96 valence electrons. The SMILES string of the molecule is NC(=S)c1ccc(N2CC3CCC(C2)O3)c(Cl)c1. The van der Waals surface area contributed by atoms with Crippen LogP contribution in [0.25, 0.3) is 0 Å². The van der Waals surface area contributed by atoms with E-state index in [2.05, 4.69) is 4.90 Å². The minimum atomic E-state index is 0.357. The maximum atomic E-state index is 6.32. The highest BCUT2D eigenvalue weighted by molar-refractivity contribution is 7.80. The number of thiocarbonyl (C=S) groups is 1. The molecule has 0 aromatic heterocycles. The molecule has 3 rings (SSSR count). The van der Waals surface area contributed by atoms with Crippen LogP contribution in [0.4, 0.5) is 5.69 Å². The van der Waals surface area contributed by atoms with Gasteiger partial charge in [-0.3, -0.25) is 0 Å². The molecule has 0 radical (unpaired) electrons. The van der Waals surface area contributed by atoms with Gasteiger partial charge in [0.15, 0.2) is 0 Å². The first-order valence-electron chi connectivity index (χ1n) is 6.13. The van der Waals surface area contributed by atoms with E-state index in [4.69, 9.17) is 34.3 Å². The van der Waals surface area contributed by atoms with Crippen molar-refractivity contribution in [2.45, 2.75) is 25.0 Å². The van der Waals surface area contributed by atoms with Gasteiger partial charge in [0.1, 0.15) is 4.99 Å². The van der Waals surface area contributed by atoms with Crippen LogP contribution in [0, 0.1) is 0 Å². The summed E-state index contributed by atoms with van der Waals surface area (Å²) in [5.74, 6) is 0. The predicted octanol–water partition coefficient (Wildman–Crippen LogP) is 2.34. The van der Waals surface area contributed by atoms with Crippen molar-refractivity contribution in [3.8, 4) is 0 Å². The van der Waals surface area contributed by atoms with Crippen molar-refractivity contribution >= 4 is 34.5 Å². The van der Waals surface area contributed by atoms with Gasteiger partial charge in [-0.2, -0.15) is 0 Å². The standard InChI is InChI=1S/C13H15ClN2OS/c14-11-5-8(13(15)18)1-4-12(11)16-6-9-2-3-10(7-16)17-9/h1,4-5,9-10H,2-3,6-7H2,(H2,15,18). The minimum absolute atomic E-state index is 0.357. The van der Waals surface area contributed by atoms with Gasteiger partial charge < -0.3 is 15.4 Å². The Kier molecular flexibility index (Phi) is 3.18. The van der Waals surface area contributed by atoms with Crippen LogP contribution in [0.1, 0.15) is 18.4 Å². The molecule has 2 aliphatic rings. The van der Waals surface area contributed by atoms with Crippen LogP contribution in [0.15, 0.2) is 18.2 Å². The average Bonchev–Trinajstić information content (AvgIpc) is 2.68. The molecule has 2 heterocycles. The highest BCUT2D eigenvalue weighted by Crippen LogP contribution is 2.33. The van der Waals surface area contributed by atoms with Gasteiger partial charge in [0, 0.05) is 18.7 Å². The van der Waals surface area contributed by atoms with Crippen molar-refractivity contribution in [1.29, 1.82) is 0 Å². The molecule has 5 heteroatoms. The zero-order valence-corrected chi connectivity index (χ0v) is 11.5. The first-order valence-corrected chi connectivity index (χ1v) is 6.92. The summed E-state index contributed by atoms with van der Waals surface area (Å²) in [4.78, 5) is 2.68. The summed E-state index contributed by atoms with van der Waals surface area (Å²) >= 11 is 11.3. The molecule has 0 saturated carbocycles. The van der Waals surface area contributed by atoms with E-state index in [1.807, 2.05) is 18.2 Å². The van der Waals surface area contributed by atoms with Crippen molar-refractivity contribution in [2.75, 3.05) is 18.0 Å². The van der Waals surface area contributed by atoms with Gasteiger partial charge in [0.25, 0.3) is 0 Å². The number of ether oxygens (including phenoxy) is 1. The minimum Gasteiger partial charge on any atom is -0.389 e. The number of halogens is 1. The van der Waals surface area contributed by atoms with E-state index in [1.54, 1.807) is 0 Å². The summed E-state index contributed by atoms with van der Waals surface area (Å²) in [5.41, 5.74) is 7.47. The van der Waals surface area contributed by atoms with Crippen molar-refractivity contribution < 1.29 is 4.74 Å². The van der Waals surface area contributed by atoms with E-state index in [9.17, 15) is 0 Å². The fraction of sp³-hybridized carbons (Fsp3) is 0.462. The van der Waals surface area contributed by atoms with Crippen molar-refractivity contribution in [3.63, 3.8) is 0 Å². The Morgan fingerprint density at radius 3 is 2.56 bits per heavy atom. The van der Waals surface area contributed by atoms with Gasteiger partial charge >= 0.3 is 0 Å². The number of benzene rings is 1. The Balaban J connectivity index is 1.86. The summed E-state index contributed by atoms with van der Waals surface area (Å²) in [7, 11) is 0. The predicted molar refractivity (Wildman–Crippen MR) is 77.4 cm³/mol. The third kappa shape index (κ3) is 2.20. The molecule has 1 aromatic carbocycles. The van der Waals surface area contributed by atoms with Gasteiger partial charge in [-0.05, 0) is 31.0 Å². The second-order valence-electron chi connectivity index (χ2n) is 4.89. The summed E-state index contributed by atoms with van der Waals surface area (Å²) < 4.78 is 5.83. The number of hydrogen-bond acceptors (Lipinski definition) is 3.